The fourth-order valence-corrected chi connectivity index (χ4v) is 5.35. The third-order valence-corrected chi connectivity index (χ3v) is 7.49. The topological polar surface area (TPSA) is 67.9 Å². The molecule has 0 aromatic heterocycles. The highest BCUT2D eigenvalue weighted by Crippen LogP contribution is 2.40. The molecule has 0 bridgehead atoms. The monoisotopic (exact) mass is 572 g/mol. The third kappa shape index (κ3) is 6.10. The van der Waals surface area contributed by atoms with E-state index in [1.165, 1.54) is 23.8 Å². The Morgan fingerprint density at radius 1 is 1.08 bits per heavy atom. The average molecular weight is 574 g/mol. The molecule has 3 aromatic carbocycles. The van der Waals surface area contributed by atoms with Gasteiger partial charge in [0.1, 0.15) is 0 Å². The Kier molecular flexibility index (Phi) is 8.44. The van der Waals surface area contributed by atoms with E-state index in [0.29, 0.717) is 31.2 Å². The molecule has 190 valence electrons. The first-order valence-electron chi connectivity index (χ1n) is 11.1. The van der Waals surface area contributed by atoms with Crippen molar-refractivity contribution in [2.45, 2.75) is 13.8 Å². The number of nitrogens with zero attached hydrogens (tertiary/aromatic N) is 1. The van der Waals surface area contributed by atoms with E-state index in [-0.39, 0.29) is 29.2 Å². The smallest absolute Gasteiger partial charge is 0.270 e. The van der Waals surface area contributed by atoms with Crippen LogP contribution in [0, 0.1) is 13.8 Å². The Hall–Kier alpha value is -3.04. The second-order valence-electron chi connectivity index (χ2n) is 8.14. The molecule has 0 atom stereocenters. The van der Waals surface area contributed by atoms with Crippen LogP contribution in [0.2, 0.25) is 10.0 Å². The molecule has 0 unspecified atom stereocenters. The van der Waals surface area contributed by atoms with Gasteiger partial charge in [-0.05, 0) is 66.9 Å². The Morgan fingerprint density at radius 2 is 1.84 bits per heavy atom. The molecular formula is C27H22Cl2N2O4S2. The number of rotatable bonds is 7. The molecule has 2 amide bonds. The highest BCUT2D eigenvalue weighted by molar-refractivity contribution is 8.27. The van der Waals surface area contributed by atoms with Gasteiger partial charge in [0.2, 0.25) is 0 Å². The zero-order valence-electron chi connectivity index (χ0n) is 20.1. The van der Waals surface area contributed by atoms with Crippen molar-refractivity contribution in [3.63, 3.8) is 0 Å². The van der Waals surface area contributed by atoms with Crippen molar-refractivity contribution in [3.05, 3.63) is 86.2 Å². The Bertz CT molecular complexity index is 1440. The molecule has 0 saturated carbocycles. The van der Waals surface area contributed by atoms with Crippen molar-refractivity contribution in [3.8, 4) is 11.5 Å². The minimum Gasteiger partial charge on any atom is -0.493 e. The van der Waals surface area contributed by atoms with Crippen LogP contribution < -0.4 is 19.7 Å². The van der Waals surface area contributed by atoms with Crippen LogP contribution in [0.1, 0.15) is 16.7 Å². The number of thiocarbonyl (C=S) groups is 1. The van der Waals surface area contributed by atoms with Gasteiger partial charge in [0, 0.05) is 10.7 Å². The molecular weight excluding hydrogens is 551 g/mol. The lowest BCUT2D eigenvalue weighted by molar-refractivity contribution is -0.118. The summed E-state index contributed by atoms with van der Waals surface area (Å²) < 4.78 is 11.6. The SMILES string of the molecule is COc1cc(/C=C2\SC(=S)N(c3ccccc3C)C2=O)cc(Cl)c1OCC(=O)Nc1ccc(C)c(Cl)c1. The van der Waals surface area contributed by atoms with Gasteiger partial charge in [0.05, 0.1) is 22.7 Å². The van der Waals surface area contributed by atoms with E-state index in [1.54, 1.807) is 30.3 Å². The number of thioether (sulfide) groups is 1. The number of aryl methyl sites for hydroxylation is 2. The van der Waals surface area contributed by atoms with Gasteiger partial charge in [-0.15, -0.1) is 0 Å². The van der Waals surface area contributed by atoms with Gasteiger partial charge in [-0.2, -0.15) is 0 Å². The van der Waals surface area contributed by atoms with Crippen molar-refractivity contribution in [2.24, 2.45) is 0 Å². The molecule has 4 rings (SSSR count). The van der Waals surface area contributed by atoms with Crippen LogP contribution in [-0.2, 0) is 9.59 Å². The Morgan fingerprint density at radius 3 is 2.54 bits per heavy atom. The summed E-state index contributed by atoms with van der Waals surface area (Å²) in [4.78, 5) is 27.5. The van der Waals surface area contributed by atoms with E-state index in [2.05, 4.69) is 5.32 Å². The lowest BCUT2D eigenvalue weighted by Crippen LogP contribution is -2.28. The molecule has 0 spiro atoms. The maximum atomic E-state index is 13.2. The first-order valence-corrected chi connectivity index (χ1v) is 13.1. The molecule has 6 nitrogen and oxygen atoms in total. The number of carbonyl (C=O) groups is 2. The van der Waals surface area contributed by atoms with E-state index in [9.17, 15) is 9.59 Å². The lowest BCUT2D eigenvalue weighted by atomic mass is 10.1. The van der Waals surface area contributed by atoms with E-state index >= 15 is 0 Å². The number of anilines is 2. The van der Waals surface area contributed by atoms with Gasteiger partial charge in [-0.25, -0.2) is 0 Å². The maximum Gasteiger partial charge on any atom is 0.270 e. The normalized spacial score (nSPS) is 14.3. The van der Waals surface area contributed by atoms with Crippen LogP contribution in [-0.4, -0.2) is 29.9 Å². The molecule has 3 aromatic rings. The quantitative estimate of drug-likeness (QED) is 0.242. The van der Waals surface area contributed by atoms with Crippen LogP contribution in [0.15, 0.2) is 59.5 Å². The second-order valence-corrected chi connectivity index (χ2v) is 10.6. The predicted molar refractivity (Wildman–Crippen MR) is 155 cm³/mol. The van der Waals surface area contributed by atoms with Gasteiger partial charge in [0.15, 0.2) is 22.4 Å². The van der Waals surface area contributed by atoms with Crippen molar-refractivity contribution >= 4 is 80.8 Å². The summed E-state index contributed by atoms with van der Waals surface area (Å²) in [5.41, 5.74) is 3.78. The van der Waals surface area contributed by atoms with Gasteiger partial charge in [0.25, 0.3) is 11.8 Å². The summed E-state index contributed by atoms with van der Waals surface area (Å²) in [6, 6.07) is 16.1. The maximum absolute atomic E-state index is 13.2. The van der Waals surface area contributed by atoms with Crippen molar-refractivity contribution in [1.82, 2.24) is 0 Å². The van der Waals surface area contributed by atoms with Gasteiger partial charge in [-0.1, -0.05) is 71.4 Å². The zero-order chi connectivity index (χ0) is 26.7. The number of methoxy groups -OCH3 is 1. The number of nitrogens with one attached hydrogen (secondary N) is 1. The summed E-state index contributed by atoms with van der Waals surface area (Å²) >= 11 is 19.3. The number of benzene rings is 3. The summed E-state index contributed by atoms with van der Waals surface area (Å²) in [6.45, 7) is 3.51. The summed E-state index contributed by atoms with van der Waals surface area (Å²) in [6.07, 6.45) is 1.70. The largest absolute Gasteiger partial charge is 0.493 e. The molecule has 1 aliphatic heterocycles. The molecule has 1 N–H and O–H groups in total. The first kappa shape index (κ1) is 27.0. The molecule has 1 aliphatic rings. The van der Waals surface area contributed by atoms with Crippen molar-refractivity contribution in [1.29, 1.82) is 0 Å². The molecule has 0 aliphatic carbocycles. The number of carbonyl (C=O) groups excluding carboxylic acids is 2. The first-order chi connectivity index (χ1) is 17.7. The summed E-state index contributed by atoms with van der Waals surface area (Å²) in [5, 5.41) is 3.51. The Labute approximate surface area is 234 Å². The molecule has 0 radical (unpaired) electrons. The summed E-state index contributed by atoms with van der Waals surface area (Å²) in [7, 11) is 1.47. The average Bonchev–Trinajstić information content (AvgIpc) is 3.13. The molecule has 1 saturated heterocycles. The highest BCUT2D eigenvalue weighted by Gasteiger charge is 2.34. The minimum absolute atomic E-state index is 0.214. The number of hydrogen-bond donors (Lipinski definition) is 1. The number of halogens is 2. The molecule has 10 heteroatoms. The minimum atomic E-state index is -0.387. The van der Waals surface area contributed by atoms with Crippen molar-refractivity contribution in [2.75, 3.05) is 23.9 Å². The zero-order valence-corrected chi connectivity index (χ0v) is 23.3. The molecule has 1 fully saturated rings. The summed E-state index contributed by atoms with van der Waals surface area (Å²) in [5.74, 6) is -0.0697. The fraction of sp³-hybridized carbons (Fsp3) is 0.148. The van der Waals surface area contributed by atoms with E-state index < -0.39 is 0 Å². The van der Waals surface area contributed by atoms with Crippen LogP contribution in [0.3, 0.4) is 0 Å². The van der Waals surface area contributed by atoms with Crippen molar-refractivity contribution < 1.29 is 19.1 Å². The second kappa shape index (κ2) is 11.6. The molecule has 37 heavy (non-hydrogen) atoms. The van der Waals surface area contributed by atoms with E-state index in [1.807, 2.05) is 44.2 Å². The van der Waals surface area contributed by atoms with Gasteiger partial charge in [-0.3, -0.25) is 14.5 Å². The number of hydrogen-bond acceptors (Lipinski definition) is 6. The van der Waals surface area contributed by atoms with Gasteiger partial charge >= 0.3 is 0 Å². The number of amides is 2. The third-order valence-electron chi connectivity index (χ3n) is 5.50. The van der Waals surface area contributed by atoms with Crippen LogP contribution >= 0.6 is 47.2 Å². The lowest BCUT2D eigenvalue weighted by Gasteiger charge is -2.16. The van der Waals surface area contributed by atoms with Crippen LogP contribution in [0.25, 0.3) is 6.08 Å². The standard InChI is InChI=1S/C27H22Cl2N2O4S2/c1-15-8-9-18(13-19(15)28)30-24(32)14-35-25-20(29)10-17(11-22(25)34-3)12-23-26(33)31(27(36)37-23)21-7-5-4-6-16(21)2/h4-13H,14H2,1-3H3,(H,30,32)/b23-12-. The fourth-order valence-electron chi connectivity index (χ4n) is 3.61. The van der Waals surface area contributed by atoms with E-state index in [4.69, 9.17) is 44.9 Å². The Balaban J connectivity index is 1.50. The van der Waals surface area contributed by atoms with Crippen LogP contribution in [0.5, 0.6) is 11.5 Å². The number of para-hydroxylation sites is 1. The molecule has 1 heterocycles. The number of ether oxygens (including phenoxy) is 2. The van der Waals surface area contributed by atoms with E-state index in [0.717, 1.165) is 16.8 Å². The van der Waals surface area contributed by atoms with Gasteiger partial charge < -0.3 is 14.8 Å². The highest BCUT2D eigenvalue weighted by atomic mass is 35.5. The predicted octanol–water partition coefficient (Wildman–Crippen LogP) is 7.04. The van der Waals surface area contributed by atoms with Crippen LogP contribution in [0.4, 0.5) is 11.4 Å².